The number of carboxylic acids is 1. The maximum atomic E-state index is 12.9. The Labute approximate surface area is 198 Å². The summed E-state index contributed by atoms with van der Waals surface area (Å²) in [5.41, 5.74) is -1.42. The number of rotatable bonds is 14. The molecule has 8 heteroatoms. The van der Waals surface area contributed by atoms with E-state index in [4.69, 9.17) is 19.3 Å². The largest absolute Gasteiger partial charge is 0.481 e. The normalized spacial score (nSPS) is 14.7. The first-order valence-electron chi connectivity index (χ1n) is 11.9. The minimum atomic E-state index is -1.05. The van der Waals surface area contributed by atoms with E-state index in [9.17, 15) is 19.2 Å². The van der Waals surface area contributed by atoms with Gasteiger partial charge in [-0.05, 0) is 61.3 Å². The second-order valence-electron chi connectivity index (χ2n) is 10.7. The Hall–Kier alpha value is -2.12. The lowest BCUT2D eigenvalue weighted by atomic mass is 9.94. The molecular formula is C25H44O8. The molecule has 3 unspecified atom stereocenters. The highest BCUT2D eigenvalue weighted by Crippen LogP contribution is 2.24. The third-order valence-corrected chi connectivity index (χ3v) is 5.10. The molecule has 0 aromatic heterocycles. The van der Waals surface area contributed by atoms with Gasteiger partial charge in [0.2, 0.25) is 6.29 Å². The molecule has 1 N–H and O–H groups in total. The standard InChI is InChI=1S/C25H44O8/c1-17(31-22(29)24(3,4)5)19(15-13-11-9-10-12-14-16-20(26)27)21(28)32-18(2)33-23(30)25(6,7)8/h17-19H,9-16H2,1-8H3,(H,26,27). The van der Waals surface area contributed by atoms with E-state index in [-0.39, 0.29) is 6.42 Å². The van der Waals surface area contributed by atoms with Crippen LogP contribution in [0.25, 0.3) is 0 Å². The molecule has 0 aliphatic heterocycles. The van der Waals surface area contributed by atoms with E-state index in [0.717, 1.165) is 32.1 Å². The first-order chi connectivity index (χ1) is 15.1. The predicted octanol–water partition coefficient (Wildman–Crippen LogP) is 5.26. The van der Waals surface area contributed by atoms with Crippen molar-refractivity contribution in [2.24, 2.45) is 16.7 Å². The molecule has 0 saturated carbocycles. The number of carboxylic acid groups (broad SMARTS) is 1. The van der Waals surface area contributed by atoms with Gasteiger partial charge < -0.3 is 19.3 Å². The summed E-state index contributed by atoms with van der Waals surface area (Å²) >= 11 is 0. The van der Waals surface area contributed by atoms with Crippen LogP contribution in [0.3, 0.4) is 0 Å². The molecule has 0 radical (unpaired) electrons. The van der Waals surface area contributed by atoms with E-state index in [1.54, 1.807) is 48.5 Å². The summed E-state index contributed by atoms with van der Waals surface area (Å²) in [4.78, 5) is 47.8. The lowest BCUT2D eigenvalue weighted by molar-refractivity contribution is -0.196. The average Bonchev–Trinajstić information content (AvgIpc) is 2.64. The van der Waals surface area contributed by atoms with Gasteiger partial charge in [-0.25, -0.2) is 0 Å². The number of hydrogen-bond acceptors (Lipinski definition) is 7. The zero-order valence-electron chi connectivity index (χ0n) is 21.7. The lowest BCUT2D eigenvalue weighted by Crippen LogP contribution is -2.37. The van der Waals surface area contributed by atoms with Crippen molar-refractivity contribution in [2.45, 2.75) is 119 Å². The van der Waals surface area contributed by atoms with Gasteiger partial charge in [0.05, 0.1) is 16.7 Å². The van der Waals surface area contributed by atoms with Crippen LogP contribution in [0.4, 0.5) is 0 Å². The second kappa shape index (κ2) is 14.2. The predicted molar refractivity (Wildman–Crippen MR) is 124 cm³/mol. The van der Waals surface area contributed by atoms with Crippen molar-refractivity contribution in [3.63, 3.8) is 0 Å². The van der Waals surface area contributed by atoms with E-state index in [1.165, 1.54) is 6.92 Å². The van der Waals surface area contributed by atoms with E-state index >= 15 is 0 Å². The first-order valence-corrected chi connectivity index (χ1v) is 11.9. The molecule has 33 heavy (non-hydrogen) atoms. The van der Waals surface area contributed by atoms with Crippen LogP contribution in [0.15, 0.2) is 0 Å². The summed E-state index contributed by atoms with van der Waals surface area (Å²) in [6, 6.07) is 0. The fraction of sp³-hybridized carbons (Fsp3) is 0.840. The van der Waals surface area contributed by atoms with Crippen molar-refractivity contribution in [2.75, 3.05) is 0 Å². The molecule has 0 fully saturated rings. The molecule has 0 spiro atoms. The summed E-state index contributed by atoms with van der Waals surface area (Å²) in [6.45, 7) is 13.5. The highest BCUT2D eigenvalue weighted by atomic mass is 16.7. The third-order valence-electron chi connectivity index (χ3n) is 5.10. The Kier molecular flexibility index (Phi) is 13.3. The monoisotopic (exact) mass is 472 g/mol. The van der Waals surface area contributed by atoms with E-state index in [1.807, 2.05) is 0 Å². The third kappa shape index (κ3) is 13.9. The minimum Gasteiger partial charge on any atom is -0.481 e. The van der Waals surface area contributed by atoms with Crippen LogP contribution in [0.1, 0.15) is 107 Å². The van der Waals surface area contributed by atoms with Gasteiger partial charge in [0.25, 0.3) is 0 Å². The molecule has 0 bridgehead atoms. The van der Waals surface area contributed by atoms with Crippen LogP contribution >= 0.6 is 0 Å². The molecule has 0 aromatic carbocycles. The van der Waals surface area contributed by atoms with Gasteiger partial charge in [-0.15, -0.1) is 0 Å². The Morgan fingerprint density at radius 2 is 1.15 bits per heavy atom. The molecule has 0 heterocycles. The van der Waals surface area contributed by atoms with Crippen LogP contribution in [0.5, 0.6) is 0 Å². The van der Waals surface area contributed by atoms with Gasteiger partial charge in [0.1, 0.15) is 6.10 Å². The lowest BCUT2D eigenvalue weighted by Gasteiger charge is -2.27. The van der Waals surface area contributed by atoms with Gasteiger partial charge in [-0.3, -0.25) is 19.2 Å². The molecule has 0 aromatic rings. The first kappa shape index (κ1) is 30.9. The van der Waals surface area contributed by atoms with Gasteiger partial charge >= 0.3 is 23.9 Å². The Morgan fingerprint density at radius 1 is 0.697 bits per heavy atom. The maximum Gasteiger partial charge on any atom is 0.315 e. The molecule has 0 aliphatic rings. The highest BCUT2D eigenvalue weighted by Gasteiger charge is 2.34. The molecule has 0 rings (SSSR count). The number of carbonyl (C=O) groups is 4. The van der Waals surface area contributed by atoms with Gasteiger partial charge in [-0.1, -0.05) is 32.1 Å². The molecule has 0 saturated heterocycles. The highest BCUT2D eigenvalue weighted by molar-refractivity contribution is 5.78. The van der Waals surface area contributed by atoms with Crippen molar-refractivity contribution < 1.29 is 38.5 Å². The zero-order chi connectivity index (χ0) is 25.8. The Morgan fingerprint density at radius 3 is 1.64 bits per heavy atom. The molecule has 3 atom stereocenters. The van der Waals surface area contributed by atoms with E-state index < -0.39 is 53.0 Å². The fourth-order valence-corrected chi connectivity index (χ4v) is 2.92. The summed E-state index contributed by atoms with van der Waals surface area (Å²) in [5.74, 6) is -2.91. The summed E-state index contributed by atoms with van der Waals surface area (Å²) < 4.78 is 16.1. The minimum absolute atomic E-state index is 0.183. The number of aliphatic carboxylic acids is 1. The van der Waals surface area contributed by atoms with Crippen LogP contribution in [0, 0.1) is 16.7 Å². The fourth-order valence-electron chi connectivity index (χ4n) is 2.92. The van der Waals surface area contributed by atoms with Gasteiger partial charge in [0.15, 0.2) is 0 Å². The summed E-state index contributed by atoms with van der Waals surface area (Å²) in [6.07, 6.45) is 3.88. The zero-order valence-corrected chi connectivity index (χ0v) is 21.7. The number of carbonyl (C=O) groups excluding carboxylic acids is 3. The van der Waals surface area contributed by atoms with Crippen molar-refractivity contribution in [3.05, 3.63) is 0 Å². The topological polar surface area (TPSA) is 116 Å². The SMILES string of the molecule is CC(OC(=O)C(CCCCCCCCC(=O)O)C(C)OC(=O)C(C)(C)C)OC(=O)C(C)(C)C. The van der Waals surface area contributed by atoms with Crippen LogP contribution in [-0.4, -0.2) is 41.4 Å². The van der Waals surface area contributed by atoms with E-state index in [2.05, 4.69) is 0 Å². The van der Waals surface area contributed by atoms with Crippen molar-refractivity contribution >= 4 is 23.9 Å². The number of unbranched alkanes of at least 4 members (excludes halogenated alkanes) is 5. The molecular weight excluding hydrogens is 428 g/mol. The number of ether oxygens (including phenoxy) is 3. The number of esters is 3. The summed E-state index contributed by atoms with van der Waals surface area (Å²) in [5, 5.41) is 8.67. The van der Waals surface area contributed by atoms with Crippen molar-refractivity contribution in [3.8, 4) is 0 Å². The molecule has 192 valence electrons. The van der Waals surface area contributed by atoms with Crippen molar-refractivity contribution in [1.29, 1.82) is 0 Å². The Balaban J connectivity index is 4.89. The molecule has 0 aliphatic carbocycles. The quantitative estimate of drug-likeness (QED) is 0.207. The number of hydrogen-bond donors (Lipinski definition) is 1. The van der Waals surface area contributed by atoms with Crippen LogP contribution in [0.2, 0.25) is 0 Å². The Bertz CT molecular complexity index is 642. The van der Waals surface area contributed by atoms with Crippen LogP contribution in [-0.2, 0) is 33.4 Å². The van der Waals surface area contributed by atoms with Crippen molar-refractivity contribution in [1.82, 2.24) is 0 Å². The van der Waals surface area contributed by atoms with Crippen LogP contribution < -0.4 is 0 Å². The molecule has 8 nitrogen and oxygen atoms in total. The average molecular weight is 473 g/mol. The van der Waals surface area contributed by atoms with E-state index in [0.29, 0.717) is 12.8 Å². The summed E-state index contributed by atoms with van der Waals surface area (Å²) in [7, 11) is 0. The maximum absolute atomic E-state index is 12.9. The smallest absolute Gasteiger partial charge is 0.315 e. The second-order valence-corrected chi connectivity index (χ2v) is 10.7. The molecule has 0 amide bonds. The van der Waals surface area contributed by atoms with Gasteiger partial charge in [-0.2, -0.15) is 0 Å². The van der Waals surface area contributed by atoms with Gasteiger partial charge in [0, 0.05) is 13.3 Å².